The third kappa shape index (κ3) is 8.06. The number of nitriles is 8. The number of hydrogen-bond acceptors (Lipinski definition) is 12. The molecule has 2 aliphatic rings. The minimum atomic E-state index is 0.00187. The van der Waals surface area contributed by atoms with Gasteiger partial charge >= 0.3 is 13.7 Å². The standard InChI is InChI=1S/C12H12B2N4.2C12H4N4/c1-2-6-10-9(5-1)15-13(16-10)14-17-11-7-3-4-8-12(11)18-14;2*13-5-11(6-14)9-1-2-10(4-3-9)12(7-15)8-16/h1-8,15-18H;2*1-4H. The Labute approximate surface area is 287 Å². The van der Waals surface area contributed by atoms with E-state index in [-0.39, 0.29) is 36.0 Å². The Bertz CT molecular complexity index is 2110. The van der Waals surface area contributed by atoms with E-state index in [9.17, 15) is 0 Å². The third-order valence-corrected chi connectivity index (χ3v) is 7.25. The molecule has 2 heterocycles. The first kappa shape index (κ1) is 34.5. The summed E-state index contributed by atoms with van der Waals surface area (Å²) >= 11 is 0. The Morgan fingerprint density at radius 1 is 0.320 bits per heavy atom. The number of para-hydroxylation sites is 4. The van der Waals surface area contributed by atoms with Gasteiger partial charge in [-0.1, -0.05) is 72.8 Å². The summed E-state index contributed by atoms with van der Waals surface area (Å²) in [5.74, 6) is 0. The van der Waals surface area contributed by atoms with E-state index in [0.29, 0.717) is 20.9 Å². The molecular weight excluding hydrogens is 622 g/mol. The average molecular weight is 642 g/mol. The van der Waals surface area contributed by atoms with Gasteiger partial charge in [0, 0.05) is 43.6 Å². The second kappa shape index (κ2) is 16.8. The molecule has 12 nitrogen and oxygen atoms in total. The Balaban J connectivity index is 0.000000169. The van der Waals surface area contributed by atoms with Gasteiger partial charge in [0.25, 0.3) is 0 Å². The van der Waals surface area contributed by atoms with Crippen LogP contribution in [0.2, 0.25) is 0 Å². The van der Waals surface area contributed by atoms with Crippen LogP contribution in [0.25, 0.3) is 22.3 Å². The zero-order valence-corrected chi connectivity index (χ0v) is 26.0. The molecule has 0 spiro atoms. The monoisotopic (exact) mass is 642 g/mol. The fourth-order valence-electron chi connectivity index (χ4n) is 4.77. The summed E-state index contributed by atoms with van der Waals surface area (Å²) in [6, 6.07) is 42.9. The zero-order chi connectivity index (χ0) is 35.9. The molecule has 0 atom stereocenters. The Hall–Kier alpha value is -8.39. The predicted octanol–water partition coefficient (Wildman–Crippen LogP) is 2.28. The van der Waals surface area contributed by atoms with Crippen molar-refractivity contribution in [1.29, 1.82) is 42.1 Å². The first-order chi connectivity index (χ1) is 24.4. The molecule has 2 aliphatic heterocycles. The van der Waals surface area contributed by atoms with Gasteiger partial charge in [0.15, 0.2) is 0 Å². The van der Waals surface area contributed by atoms with Crippen molar-refractivity contribution in [2.75, 3.05) is 20.9 Å². The van der Waals surface area contributed by atoms with E-state index in [4.69, 9.17) is 42.1 Å². The van der Waals surface area contributed by atoms with Crippen LogP contribution in [0.3, 0.4) is 0 Å². The van der Waals surface area contributed by atoms with Gasteiger partial charge in [0.1, 0.15) is 70.8 Å². The van der Waals surface area contributed by atoms with Crippen molar-refractivity contribution in [3.8, 4) is 48.6 Å². The second-order valence-electron chi connectivity index (χ2n) is 10.2. The lowest BCUT2D eigenvalue weighted by Gasteiger charge is -2.12. The van der Waals surface area contributed by atoms with E-state index < -0.39 is 0 Å². The van der Waals surface area contributed by atoms with Gasteiger partial charge in [0.05, 0.1) is 0 Å². The smallest absolute Gasteiger partial charge is 0.385 e. The highest BCUT2D eigenvalue weighted by atomic mass is 15.1. The largest absolute Gasteiger partial charge is 0.411 e. The SMILES string of the molecule is N#CC(C#N)=c1ccc(=C(C#N)C#N)cc1.N#CC(C#N)=c1ccc(=C(C#N)C#N)cc1.c1ccc2c(c1)NB(B1Nc3ccccc3N1)N2. The quantitative estimate of drug-likeness (QED) is 0.219. The molecule has 0 saturated heterocycles. The molecule has 50 heavy (non-hydrogen) atoms. The maximum absolute atomic E-state index is 8.63. The molecule has 0 aliphatic carbocycles. The predicted molar refractivity (Wildman–Crippen MR) is 189 cm³/mol. The van der Waals surface area contributed by atoms with Gasteiger partial charge in [-0.2, -0.15) is 42.1 Å². The molecule has 14 heteroatoms. The lowest BCUT2D eigenvalue weighted by atomic mass is 9.35. The molecule has 6 rings (SSSR count). The highest BCUT2D eigenvalue weighted by Crippen LogP contribution is 2.31. The average Bonchev–Trinajstić information content (AvgIpc) is 3.80. The summed E-state index contributed by atoms with van der Waals surface area (Å²) in [5.41, 5.74) is 4.63. The molecule has 4 aromatic rings. The summed E-state index contributed by atoms with van der Waals surface area (Å²) in [6.07, 6.45) is 0. The summed E-state index contributed by atoms with van der Waals surface area (Å²) in [5, 5.41) is 84.9. The molecule has 0 amide bonds. The van der Waals surface area contributed by atoms with Crippen LogP contribution < -0.4 is 41.8 Å². The highest BCUT2D eigenvalue weighted by Gasteiger charge is 2.41. The topological polar surface area (TPSA) is 238 Å². The van der Waals surface area contributed by atoms with Crippen LogP contribution in [0, 0.1) is 90.6 Å². The zero-order valence-electron chi connectivity index (χ0n) is 26.0. The van der Waals surface area contributed by atoms with Crippen LogP contribution in [0.5, 0.6) is 0 Å². The van der Waals surface area contributed by atoms with Gasteiger partial charge in [-0.15, -0.1) is 0 Å². The number of anilines is 4. The van der Waals surface area contributed by atoms with Crippen LogP contribution >= 0.6 is 0 Å². The van der Waals surface area contributed by atoms with Crippen molar-refractivity contribution in [2.24, 2.45) is 0 Å². The number of rotatable bonds is 1. The highest BCUT2D eigenvalue weighted by molar-refractivity contribution is 7.28. The Kier molecular flexibility index (Phi) is 11.6. The Morgan fingerprint density at radius 3 is 0.660 bits per heavy atom. The molecule has 0 bridgehead atoms. The number of nitrogens with zero attached hydrogens (tertiary/aromatic N) is 8. The lowest BCUT2D eigenvalue weighted by molar-refractivity contribution is 1.46. The van der Waals surface area contributed by atoms with Crippen molar-refractivity contribution in [1.82, 2.24) is 0 Å². The van der Waals surface area contributed by atoms with Crippen molar-refractivity contribution in [2.45, 2.75) is 0 Å². The molecular formula is C36H20B2N12. The third-order valence-electron chi connectivity index (χ3n) is 7.25. The van der Waals surface area contributed by atoms with Crippen molar-refractivity contribution in [3.63, 3.8) is 0 Å². The van der Waals surface area contributed by atoms with Crippen LogP contribution in [0.1, 0.15) is 0 Å². The molecule has 0 saturated carbocycles. The summed E-state index contributed by atoms with van der Waals surface area (Å²) in [6.45, 7) is 0.296. The first-order valence-corrected chi connectivity index (χ1v) is 14.6. The van der Waals surface area contributed by atoms with Crippen LogP contribution in [-0.4, -0.2) is 13.7 Å². The second-order valence-corrected chi connectivity index (χ2v) is 10.2. The normalized spacial score (nSPS) is 10.4. The number of fused-ring (bicyclic) bond motifs is 2. The minimum absolute atomic E-state index is 0.00187. The molecule has 0 radical (unpaired) electrons. The maximum atomic E-state index is 8.63. The van der Waals surface area contributed by atoms with E-state index in [0.717, 1.165) is 22.7 Å². The fourth-order valence-corrected chi connectivity index (χ4v) is 4.77. The number of hydrogen-bond donors (Lipinski definition) is 4. The van der Waals surface area contributed by atoms with E-state index in [1.807, 2.05) is 24.3 Å². The maximum Gasteiger partial charge on any atom is 0.385 e. The van der Waals surface area contributed by atoms with Gasteiger partial charge in [-0.3, -0.25) is 0 Å². The molecule has 230 valence electrons. The summed E-state index contributed by atoms with van der Waals surface area (Å²) in [4.78, 5) is 0. The van der Waals surface area contributed by atoms with Crippen molar-refractivity contribution >= 4 is 58.8 Å². The minimum Gasteiger partial charge on any atom is -0.411 e. The molecule has 4 N–H and O–H groups in total. The van der Waals surface area contributed by atoms with E-state index in [1.54, 1.807) is 48.6 Å². The van der Waals surface area contributed by atoms with Crippen LogP contribution in [0.15, 0.2) is 97.1 Å². The molecule has 0 aromatic heterocycles. The van der Waals surface area contributed by atoms with Gasteiger partial charge in [-0.25, -0.2) is 0 Å². The lowest BCUT2D eigenvalue weighted by Crippen LogP contribution is -2.53. The molecule has 0 fully saturated rings. The van der Waals surface area contributed by atoms with Gasteiger partial charge in [0.2, 0.25) is 0 Å². The summed E-state index contributed by atoms with van der Waals surface area (Å²) in [7, 11) is 0. The van der Waals surface area contributed by atoms with E-state index >= 15 is 0 Å². The van der Waals surface area contributed by atoms with Crippen LogP contribution in [-0.2, 0) is 0 Å². The summed E-state index contributed by atoms with van der Waals surface area (Å²) < 4.78 is 0. The van der Waals surface area contributed by atoms with E-state index in [2.05, 4.69) is 45.2 Å². The van der Waals surface area contributed by atoms with Gasteiger partial charge in [-0.05, 0) is 24.3 Å². The van der Waals surface area contributed by atoms with Crippen molar-refractivity contribution in [3.05, 3.63) is 118 Å². The fraction of sp³-hybridized carbons (Fsp3) is 0. The van der Waals surface area contributed by atoms with Crippen LogP contribution in [0.4, 0.5) is 22.7 Å². The number of benzene rings is 4. The van der Waals surface area contributed by atoms with E-state index in [1.165, 1.54) is 48.5 Å². The number of nitrogens with one attached hydrogen (secondary N) is 4. The van der Waals surface area contributed by atoms with Crippen molar-refractivity contribution < 1.29 is 0 Å². The molecule has 4 aromatic carbocycles. The first-order valence-electron chi connectivity index (χ1n) is 14.6. The van der Waals surface area contributed by atoms with Gasteiger partial charge < -0.3 is 20.9 Å². The molecule has 0 unspecified atom stereocenters. The Morgan fingerprint density at radius 2 is 0.500 bits per heavy atom.